The van der Waals surface area contributed by atoms with Gasteiger partial charge in [-0.25, -0.2) is 73.2 Å². The summed E-state index contributed by atoms with van der Waals surface area (Å²) in [6.07, 6.45) is 12.0. The van der Waals surface area contributed by atoms with E-state index in [1.54, 1.807) is 116 Å². The predicted molar refractivity (Wildman–Crippen MR) is 355 cm³/mol. The Morgan fingerprint density at radius 3 is 0.853 bits per heavy atom. The first-order chi connectivity index (χ1) is 49.8. The third-order valence-electron chi connectivity index (χ3n) is 12.4. The summed E-state index contributed by atoms with van der Waals surface area (Å²) in [4.78, 5) is 78.2. The molecule has 0 atom stereocenters. The van der Waals surface area contributed by atoms with Crippen molar-refractivity contribution in [2.24, 2.45) is 0 Å². The van der Waals surface area contributed by atoms with Crippen LogP contribution in [0.5, 0.6) is 5.75 Å². The van der Waals surface area contributed by atoms with Crippen molar-refractivity contribution in [1.82, 2.24) is 64.8 Å². The van der Waals surface area contributed by atoms with E-state index in [-0.39, 0.29) is 145 Å². The number of carbonyl (C=O) groups is 3. The molecule has 575 valence electrons. The van der Waals surface area contributed by atoms with Crippen LogP contribution in [0.3, 0.4) is 0 Å². The molecular weight excluding hydrogens is 2340 g/mol. The first kappa shape index (κ1) is 96.5. The average molecular weight is 2390 g/mol. The molecule has 13 aromatic rings. The zero-order chi connectivity index (χ0) is 75.7. The van der Waals surface area contributed by atoms with E-state index in [1.807, 2.05) is 32.8 Å². The monoisotopic (exact) mass is 2390 g/mol. The minimum Gasteiger partial charge on any atom is -0.497 e. The third kappa shape index (κ3) is 32.9. The standard InChI is InChI=1S/C12H10F2N3.C11H7F2N2O.2C11H7F2N2.C10H5F2N2.3C6H5NO2.5Ir/c1-17(2)8-5-6-15-10(7-8)9-3-4-11(13)16-12(9)14;1-16-7-4-5-14-9(6-7)8-2-3-10(12)15-11(8)13;2*1-7-4-5-14-9(6-7)8-2-3-10(12)15-11(8)13;11-9-5-4-7(10(12)14-9)8-3-1-2-6-13-8;3*8-6(9)5-3-1-2-4-7-5;;;;;/h4-7H,1-2H3;3-6H,1H3;2*3-6H,1H3;1-3,5-6H;3*1-4H,(H,8,9);;;;;/q5*-1;;;;;;;;. The maximum absolute atomic E-state index is 13.4. The summed E-state index contributed by atoms with van der Waals surface area (Å²) in [5.41, 5.74) is 5.18. The average Bonchev–Trinajstić information content (AvgIpc) is 0.852. The number of pyridine rings is 13. The summed E-state index contributed by atoms with van der Waals surface area (Å²) in [5.74, 6) is -11.4. The van der Waals surface area contributed by atoms with Crippen molar-refractivity contribution in [3.63, 3.8) is 0 Å². The van der Waals surface area contributed by atoms with Crippen molar-refractivity contribution in [2.45, 2.75) is 13.8 Å². The molecule has 0 spiro atoms. The number of rotatable bonds is 10. The van der Waals surface area contributed by atoms with E-state index in [0.29, 0.717) is 34.2 Å². The summed E-state index contributed by atoms with van der Waals surface area (Å²) in [5, 5.41) is 25.0. The van der Waals surface area contributed by atoms with Gasteiger partial charge < -0.3 is 49.9 Å². The summed E-state index contributed by atoms with van der Waals surface area (Å²) in [6.45, 7) is 3.72. The molecule has 0 aliphatic rings. The van der Waals surface area contributed by atoms with Crippen LogP contribution in [-0.4, -0.2) is 119 Å². The van der Waals surface area contributed by atoms with Gasteiger partial charge >= 0.3 is 17.9 Å². The minimum absolute atomic E-state index is 0. The molecule has 0 aliphatic heterocycles. The molecule has 0 saturated carbocycles. The fraction of sp³-hybridized carbons (Fsp3) is 0.0685. The molecule has 3 N–H and O–H groups in total. The number of halogens is 10. The molecule has 0 unspecified atom stereocenters. The third-order valence-corrected chi connectivity index (χ3v) is 12.4. The van der Waals surface area contributed by atoms with Crippen molar-refractivity contribution >= 4 is 23.6 Å². The van der Waals surface area contributed by atoms with Gasteiger partial charge in [0, 0.05) is 170 Å². The summed E-state index contributed by atoms with van der Waals surface area (Å²) in [6, 6.07) is 50.1. The number of aryl methyl sites for hydroxylation is 2. The molecule has 5 radical (unpaired) electrons. The summed E-state index contributed by atoms with van der Waals surface area (Å²) < 4.78 is 134. The van der Waals surface area contributed by atoms with Crippen LogP contribution in [0.2, 0.25) is 0 Å². The Morgan fingerprint density at radius 2 is 0.606 bits per heavy atom. The number of carboxylic acids is 3. The van der Waals surface area contributed by atoms with Crippen molar-refractivity contribution < 1.29 is 179 Å². The van der Waals surface area contributed by atoms with Crippen LogP contribution in [-0.2, 0) is 101 Å². The molecule has 13 aromatic heterocycles. The molecular formula is C73H51F10Ir5N14O7-5. The molecule has 0 saturated heterocycles. The zero-order valence-electron chi connectivity index (χ0n) is 56.2. The van der Waals surface area contributed by atoms with E-state index >= 15 is 0 Å². The van der Waals surface area contributed by atoms with Crippen LogP contribution in [0.4, 0.5) is 49.6 Å². The summed E-state index contributed by atoms with van der Waals surface area (Å²) >= 11 is 0. The van der Waals surface area contributed by atoms with Gasteiger partial charge in [-0.05, 0) is 115 Å². The van der Waals surface area contributed by atoms with Crippen molar-refractivity contribution in [1.29, 1.82) is 0 Å². The Morgan fingerprint density at radius 1 is 0.339 bits per heavy atom. The molecule has 0 fully saturated rings. The quantitative estimate of drug-likeness (QED) is 0.0651. The number of aromatic carboxylic acids is 3. The molecule has 0 bridgehead atoms. The number of anilines is 1. The maximum Gasteiger partial charge on any atom is 0.354 e. The first-order valence-electron chi connectivity index (χ1n) is 29.3. The van der Waals surface area contributed by atoms with E-state index < -0.39 is 77.4 Å². The number of methoxy groups -OCH3 is 1. The van der Waals surface area contributed by atoms with Crippen molar-refractivity contribution in [2.75, 3.05) is 26.1 Å². The fourth-order valence-corrected chi connectivity index (χ4v) is 7.60. The molecule has 13 rings (SSSR count). The normalized spacial score (nSPS) is 9.46. The van der Waals surface area contributed by atoms with Crippen LogP contribution in [0, 0.1) is 104 Å². The van der Waals surface area contributed by atoms with E-state index in [0.717, 1.165) is 47.1 Å². The second-order valence-corrected chi connectivity index (χ2v) is 20.0. The van der Waals surface area contributed by atoms with Gasteiger partial charge in [0.15, 0.2) is 0 Å². The van der Waals surface area contributed by atoms with Gasteiger partial charge in [-0.15, -0.1) is 30.3 Å². The molecule has 13 heterocycles. The van der Waals surface area contributed by atoms with Gasteiger partial charge in [-0.1, -0.05) is 118 Å². The number of aromatic nitrogens is 13. The van der Waals surface area contributed by atoms with Crippen molar-refractivity contribution in [3.8, 4) is 62.0 Å². The molecule has 36 heteroatoms. The Balaban J connectivity index is 0.000000625. The first-order valence-corrected chi connectivity index (χ1v) is 29.3. The smallest absolute Gasteiger partial charge is 0.354 e. The van der Waals surface area contributed by atoms with E-state index in [9.17, 15) is 58.3 Å². The topological polar surface area (TPSA) is 292 Å². The van der Waals surface area contributed by atoms with E-state index in [4.69, 9.17) is 20.1 Å². The maximum atomic E-state index is 13.4. The van der Waals surface area contributed by atoms with Crippen LogP contribution < -0.4 is 9.64 Å². The van der Waals surface area contributed by atoms with Gasteiger partial charge in [-0.3, -0.25) is 24.9 Å². The zero-order valence-corrected chi connectivity index (χ0v) is 68.2. The molecule has 109 heavy (non-hydrogen) atoms. The summed E-state index contributed by atoms with van der Waals surface area (Å²) in [7, 11) is 5.21. The number of hydrogen-bond donors (Lipinski definition) is 3. The Hall–Kier alpha value is -10.5. The fourth-order valence-electron chi connectivity index (χ4n) is 7.60. The number of hydrogen-bond acceptors (Lipinski definition) is 18. The Bertz CT molecular complexity index is 4760. The number of ether oxygens (including phenoxy) is 1. The molecule has 0 amide bonds. The van der Waals surface area contributed by atoms with Gasteiger partial charge in [-0.2, -0.15) is 0 Å². The van der Waals surface area contributed by atoms with Crippen LogP contribution in [0.25, 0.3) is 56.3 Å². The Labute approximate surface area is 683 Å². The van der Waals surface area contributed by atoms with Crippen LogP contribution >= 0.6 is 0 Å². The molecule has 21 nitrogen and oxygen atoms in total. The molecule has 0 aliphatic carbocycles. The minimum atomic E-state index is -0.990. The largest absolute Gasteiger partial charge is 0.497 e. The van der Waals surface area contributed by atoms with Crippen molar-refractivity contribution in [3.05, 3.63) is 319 Å². The van der Waals surface area contributed by atoms with Gasteiger partial charge in [0.1, 0.15) is 82.3 Å². The van der Waals surface area contributed by atoms with E-state index in [2.05, 4.69) is 95.1 Å². The van der Waals surface area contributed by atoms with Gasteiger partial charge in [0.25, 0.3) is 0 Å². The van der Waals surface area contributed by atoms with Gasteiger partial charge in [0.2, 0.25) is 0 Å². The second-order valence-electron chi connectivity index (χ2n) is 20.0. The number of nitrogens with zero attached hydrogens (tertiary/aromatic N) is 14. The van der Waals surface area contributed by atoms with Crippen LogP contribution in [0.1, 0.15) is 42.6 Å². The Kier molecular flexibility index (Phi) is 44.4. The molecule has 0 aromatic carbocycles. The predicted octanol–water partition coefficient (Wildman–Crippen LogP) is 14.1. The second kappa shape index (κ2) is 50.2. The SMILES string of the molecule is CN(C)c1ccnc(-c2[c-]cc(F)nc2F)c1.COc1ccnc(-c2[c-]cc(F)nc2F)c1.Cc1ccnc(-c2[c-]cc(F)nc2F)c1.Cc1ccnc(-c2[c-]cc(F)nc2F)c1.Fc1c[c-]c(-c2ccccn2)c(F)n1.O=C(O)c1ccccn1.O=C(O)c1ccccn1.O=C(O)c1ccccn1.[Ir].[Ir].[Ir].[Ir].[Ir]. The van der Waals surface area contributed by atoms with Gasteiger partial charge in [0.05, 0.1) is 7.11 Å². The van der Waals surface area contributed by atoms with E-state index in [1.165, 1.54) is 62.4 Å². The number of carboxylic acid groups (broad SMARTS) is 3. The van der Waals surface area contributed by atoms with Crippen LogP contribution in [0.15, 0.2) is 201 Å².